The first-order chi connectivity index (χ1) is 9.96. The molecule has 0 heterocycles. The number of benzene rings is 2. The third kappa shape index (κ3) is 4.85. The first kappa shape index (κ1) is 15.5. The summed E-state index contributed by atoms with van der Waals surface area (Å²) in [7, 11) is -3.60. The lowest BCUT2D eigenvalue weighted by Crippen LogP contribution is -2.13. The summed E-state index contributed by atoms with van der Waals surface area (Å²) in [5.74, 6) is -1.01. The Hall–Kier alpha value is -1.91. The average Bonchev–Trinajstić information content (AvgIpc) is 2.46. The molecule has 0 saturated carbocycles. The molecule has 0 fully saturated rings. The molecule has 0 aliphatic heterocycles. The predicted molar refractivity (Wildman–Crippen MR) is 85.0 cm³/mol. The van der Waals surface area contributed by atoms with Crippen molar-refractivity contribution in [3.8, 4) is 0 Å². The Morgan fingerprint density at radius 3 is 2.24 bits per heavy atom. The van der Waals surface area contributed by atoms with Crippen LogP contribution in [0.25, 0.3) is 6.08 Å². The molecule has 2 aromatic rings. The van der Waals surface area contributed by atoms with Crippen LogP contribution in [0.4, 0.5) is 0 Å². The molecular formula is C16H13ClO3S. The van der Waals surface area contributed by atoms with Gasteiger partial charge in [-0.05, 0) is 35.9 Å². The van der Waals surface area contributed by atoms with Gasteiger partial charge in [-0.15, -0.1) is 0 Å². The zero-order chi connectivity index (χ0) is 15.3. The van der Waals surface area contributed by atoms with Crippen LogP contribution >= 0.6 is 11.6 Å². The van der Waals surface area contributed by atoms with E-state index in [1.54, 1.807) is 24.3 Å². The van der Waals surface area contributed by atoms with Crippen LogP contribution in [0.2, 0.25) is 5.02 Å². The number of rotatable bonds is 5. The summed E-state index contributed by atoms with van der Waals surface area (Å²) in [5, 5.41) is 1.56. The second-order valence-electron chi connectivity index (χ2n) is 4.45. The smallest absolute Gasteiger partial charge is 0.179 e. The van der Waals surface area contributed by atoms with Crippen molar-refractivity contribution < 1.29 is 13.2 Å². The number of hydrogen-bond acceptors (Lipinski definition) is 3. The minimum atomic E-state index is -3.60. The minimum absolute atomic E-state index is 0.330. The normalized spacial score (nSPS) is 11.7. The Balaban J connectivity index is 2.09. The van der Waals surface area contributed by atoms with E-state index in [0.29, 0.717) is 10.6 Å². The standard InChI is InChI=1S/C16H13ClO3S/c17-15-8-6-14(7-9-15)16(18)12-21(19,20)11-10-13-4-2-1-3-5-13/h1-11H,12H2/b11-10+. The fraction of sp³-hybridized carbons (Fsp3) is 0.0625. The number of sulfone groups is 1. The van der Waals surface area contributed by atoms with E-state index in [1.807, 2.05) is 18.2 Å². The van der Waals surface area contributed by atoms with Gasteiger partial charge in [-0.1, -0.05) is 41.9 Å². The lowest BCUT2D eigenvalue weighted by molar-refractivity contribution is 0.102. The molecule has 2 rings (SSSR count). The summed E-state index contributed by atoms with van der Waals surface area (Å²) in [5.41, 5.74) is 1.09. The van der Waals surface area contributed by atoms with Gasteiger partial charge in [0.2, 0.25) is 0 Å². The van der Waals surface area contributed by atoms with Gasteiger partial charge in [0.1, 0.15) is 5.75 Å². The molecule has 0 saturated heterocycles. The topological polar surface area (TPSA) is 51.2 Å². The molecule has 3 nitrogen and oxygen atoms in total. The Bertz CT molecular complexity index is 748. The van der Waals surface area contributed by atoms with Gasteiger partial charge in [0.25, 0.3) is 0 Å². The molecule has 0 radical (unpaired) electrons. The molecule has 0 amide bonds. The highest BCUT2D eigenvalue weighted by atomic mass is 35.5. The quantitative estimate of drug-likeness (QED) is 0.791. The second kappa shape index (κ2) is 6.70. The minimum Gasteiger partial charge on any atom is -0.293 e. The van der Waals surface area contributed by atoms with E-state index in [2.05, 4.69) is 0 Å². The SMILES string of the molecule is O=C(CS(=O)(=O)/C=C/c1ccccc1)c1ccc(Cl)cc1. The number of carbonyl (C=O) groups excluding carboxylic acids is 1. The van der Waals surface area contributed by atoms with Crippen LogP contribution in [-0.4, -0.2) is 20.0 Å². The first-order valence-corrected chi connectivity index (χ1v) is 8.30. The average molecular weight is 321 g/mol. The number of halogens is 1. The van der Waals surface area contributed by atoms with E-state index >= 15 is 0 Å². The van der Waals surface area contributed by atoms with E-state index in [1.165, 1.54) is 18.2 Å². The Morgan fingerprint density at radius 1 is 1.00 bits per heavy atom. The molecule has 0 bridgehead atoms. The highest BCUT2D eigenvalue weighted by molar-refractivity contribution is 7.95. The summed E-state index contributed by atoms with van der Waals surface area (Å²) in [4.78, 5) is 11.9. The van der Waals surface area contributed by atoms with Gasteiger partial charge in [0.15, 0.2) is 15.6 Å². The Morgan fingerprint density at radius 2 is 1.62 bits per heavy atom. The predicted octanol–water partition coefficient (Wildman–Crippen LogP) is 3.61. The van der Waals surface area contributed by atoms with Gasteiger partial charge in [-0.25, -0.2) is 8.42 Å². The summed E-state index contributed by atoms with van der Waals surface area (Å²) in [6.07, 6.45) is 1.48. The van der Waals surface area contributed by atoms with Crippen molar-refractivity contribution in [2.24, 2.45) is 0 Å². The van der Waals surface area contributed by atoms with Gasteiger partial charge in [0, 0.05) is 16.0 Å². The summed E-state index contributed by atoms with van der Waals surface area (Å²) >= 11 is 5.73. The lowest BCUT2D eigenvalue weighted by atomic mass is 10.1. The van der Waals surface area contributed by atoms with Crippen molar-refractivity contribution in [1.29, 1.82) is 0 Å². The van der Waals surface area contributed by atoms with Crippen molar-refractivity contribution in [1.82, 2.24) is 0 Å². The highest BCUT2D eigenvalue weighted by Gasteiger charge is 2.15. The summed E-state index contributed by atoms with van der Waals surface area (Å²) in [6.45, 7) is 0. The third-order valence-corrected chi connectivity index (χ3v) is 4.23. The van der Waals surface area contributed by atoms with Crippen LogP contribution in [0.3, 0.4) is 0 Å². The van der Waals surface area contributed by atoms with Crippen LogP contribution in [0.1, 0.15) is 15.9 Å². The lowest BCUT2D eigenvalue weighted by Gasteiger charge is -2.00. The molecule has 0 N–H and O–H groups in total. The van der Waals surface area contributed by atoms with E-state index < -0.39 is 21.4 Å². The van der Waals surface area contributed by atoms with Crippen LogP contribution in [0.5, 0.6) is 0 Å². The Kier molecular flexibility index (Phi) is 4.94. The largest absolute Gasteiger partial charge is 0.293 e. The van der Waals surface area contributed by atoms with Crippen molar-refractivity contribution in [3.05, 3.63) is 76.2 Å². The maximum atomic E-state index is 11.9. The number of Topliss-reactive ketones (excluding diaryl/α,β-unsaturated/α-hetero) is 1. The molecule has 21 heavy (non-hydrogen) atoms. The maximum absolute atomic E-state index is 11.9. The molecule has 0 aliphatic rings. The van der Waals surface area contributed by atoms with Crippen LogP contribution in [-0.2, 0) is 9.84 Å². The molecule has 0 unspecified atom stereocenters. The Labute approximate surface area is 128 Å². The van der Waals surface area contributed by atoms with Gasteiger partial charge in [-0.3, -0.25) is 4.79 Å². The molecule has 0 aromatic heterocycles. The van der Waals surface area contributed by atoms with Crippen LogP contribution in [0.15, 0.2) is 60.0 Å². The van der Waals surface area contributed by atoms with Crippen molar-refractivity contribution >= 4 is 33.3 Å². The van der Waals surface area contributed by atoms with E-state index in [-0.39, 0.29) is 0 Å². The molecule has 0 aliphatic carbocycles. The van der Waals surface area contributed by atoms with E-state index in [9.17, 15) is 13.2 Å². The van der Waals surface area contributed by atoms with Gasteiger partial charge in [-0.2, -0.15) is 0 Å². The number of ketones is 1. The van der Waals surface area contributed by atoms with Gasteiger partial charge < -0.3 is 0 Å². The molecule has 108 valence electrons. The van der Waals surface area contributed by atoms with Crippen molar-refractivity contribution in [2.75, 3.05) is 5.75 Å². The zero-order valence-electron chi connectivity index (χ0n) is 11.1. The summed E-state index contributed by atoms with van der Waals surface area (Å²) in [6, 6.07) is 15.2. The molecule has 2 aromatic carbocycles. The van der Waals surface area contributed by atoms with Crippen molar-refractivity contribution in [2.45, 2.75) is 0 Å². The van der Waals surface area contributed by atoms with E-state index in [4.69, 9.17) is 11.6 Å². The maximum Gasteiger partial charge on any atom is 0.179 e. The molecule has 5 heteroatoms. The summed E-state index contributed by atoms with van der Waals surface area (Å²) < 4.78 is 23.8. The van der Waals surface area contributed by atoms with Gasteiger partial charge in [0.05, 0.1) is 0 Å². The zero-order valence-corrected chi connectivity index (χ0v) is 12.6. The third-order valence-electron chi connectivity index (χ3n) is 2.77. The first-order valence-electron chi connectivity index (χ1n) is 6.21. The van der Waals surface area contributed by atoms with Crippen LogP contribution in [0, 0.1) is 0 Å². The monoisotopic (exact) mass is 320 g/mol. The number of carbonyl (C=O) groups is 1. The second-order valence-corrected chi connectivity index (χ2v) is 6.77. The molecule has 0 spiro atoms. The van der Waals surface area contributed by atoms with Gasteiger partial charge >= 0.3 is 0 Å². The fourth-order valence-electron chi connectivity index (χ4n) is 1.70. The number of hydrogen-bond donors (Lipinski definition) is 0. The molecule has 0 atom stereocenters. The van der Waals surface area contributed by atoms with Crippen LogP contribution < -0.4 is 0 Å². The molecular weight excluding hydrogens is 308 g/mol. The fourth-order valence-corrected chi connectivity index (χ4v) is 2.82. The van der Waals surface area contributed by atoms with E-state index in [0.717, 1.165) is 11.0 Å². The highest BCUT2D eigenvalue weighted by Crippen LogP contribution is 2.11. The van der Waals surface area contributed by atoms with Crippen molar-refractivity contribution in [3.63, 3.8) is 0 Å².